The molecular weight excluding hydrogens is 574 g/mol. The lowest BCUT2D eigenvalue weighted by molar-refractivity contribution is 0.0984. The Bertz CT molecular complexity index is 2050. The number of hydrogen-bond acceptors (Lipinski definition) is 10. The molecule has 0 aromatic carbocycles. The number of morpholine rings is 1. The Morgan fingerprint density at radius 1 is 1.11 bits per heavy atom. The van der Waals surface area contributed by atoms with E-state index in [0.29, 0.717) is 41.2 Å². The summed E-state index contributed by atoms with van der Waals surface area (Å²) in [6.45, 7) is 8.10. The molecule has 1 fully saturated rings. The minimum atomic E-state index is -0.401. The van der Waals surface area contributed by atoms with Gasteiger partial charge in [-0.2, -0.15) is 9.78 Å². The minimum absolute atomic E-state index is 0.141. The minimum Gasteiger partial charge on any atom is -0.392 e. The standard InChI is InChI=1S/C32H35N9O4/c1-19-17-45-10-9-39(19)28-6-5-27(36-37-28)35-24-11-21(15-38(4)30(24)43)22-7-8-33-29(23(22)16-42)41-31(44)25-12-20-13-32(2,3)14-26(20)40(25)18-34-41/h5-8,11-12,15,18-19,42H,9-10,13-14,16-17H2,1-4H3,(H,35,36)/t19-/m0/s1. The van der Waals surface area contributed by atoms with Crippen molar-refractivity contribution in [1.29, 1.82) is 0 Å². The molecule has 13 nitrogen and oxygen atoms in total. The van der Waals surface area contributed by atoms with Crippen LogP contribution in [0.5, 0.6) is 0 Å². The molecule has 0 spiro atoms. The Balaban J connectivity index is 1.24. The second kappa shape index (κ2) is 10.9. The molecule has 1 atom stereocenters. The van der Waals surface area contributed by atoms with Gasteiger partial charge in [-0.05, 0) is 66.6 Å². The Morgan fingerprint density at radius 3 is 2.71 bits per heavy atom. The van der Waals surface area contributed by atoms with E-state index < -0.39 is 6.61 Å². The Hall–Kier alpha value is -4.88. The smallest absolute Gasteiger partial charge is 0.297 e. The number of nitrogens with zero attached hydrogens (tertiary/aromatic N) is 8. The van der Waals surface area contributed by atoms with Gasteiger partial charge < -0.3 is 24.6 Å². The topological polar surface area (TPSA) is 145 Å². The molecule has 45 heavy (non-hydrogen) atoms. The van der Waals surface area contributed by atoms with Gasteiger partial charge in [0.2, 0.25) is 0 Å². The zero-order valence-corrected chi connectivity index (χ0v) is 25.7. The van der Waals surface area contributed by atoms with Crippen LogP contribution >= 0.6 is 0 Å². The van der Waals surface area contributed by atoms with E-state index in [1.807, 2.05) is 16.5 Å². The quantitative estimate of drug-likeness (QED) is 0.295. The lowest BCUT2D eigenvalue weighted by atomic mass is 9.90. The Kier molecular flexibility index (Phi) is 7.01. The molecule has 0 saturated carbocycles. The van der Waals surface area contributed by atoms with Crippen molar-refractivity contribution < 1.29 is 9.84 Å². The van der Waals surface area contributed by atoms with Crippen molar-refractivity contribution >= 4 is 22.8 Å². The number of hydrogen-bond donors (Lipinski definition) is 2. The summed E-state index contributed by atoms with van der Waals surface area (Å²) in [5.74, 6) is 1.38. The van der Waals surface area contributed by atoms with Crippen LogP contribution in [0.25, 0.3) is 22.5 Å². The Morgan fingerprint density at radius 2 is 1.96 bits per heavy atom. The van der Waals surface area contributed by atoms with Crippen LogP contribution in [0.1, 0.15) is 37.6 Å². The highest BCUT2D eigenvalue weighted by Crippen LogP contribution is 2.37. The number of fused-ring (bicyclic) bond motifs is 3. The van der Waals surface area contributed by atoms with Gasteiger partial charge in [-0.15, -0.1) is 10.2 Å². The summed E-state index contributed by atoms with van der Waals surface area (Å²) in [6.07, 6.45) is 6.65. The van der Waals surface area contributed by atoms with Gasteiger partial charge in [-0.1, -0.05) is 13.8 Å². The van der Waals surface area contributed by atoms with Crippen LogP contribution in [-0.4, -0.2) is 64.8 Å². The molecular formula is C32H35N9O4. The molecule has 6 heterocycles. The molecule has 232 valence electrons. The summed E-state index contributed by atoms with van der Waals surface area (Å²) in [4.78, 5) is 33.4. The van der Waals surface area contributed by atoms with Crippen LogP contribution in [0.2, 0.25) is 0 Å². The average molecular weight is 610 g/mol. The maximum absolute atomic E-state index is 13.7. The van der Waals surface area contributed by atoms with Crippen molar-refractivity contribution in [2.75, 3.05) is 30.0 Å². The number of aliphatic hydroxyl groups is 1. The molecule has 7 rings (SSSR count). The number of rotatable bonds is 6. The SMILES string of the molecule is C[C@H]1COCCN1c1ccc(Nc2cc(-c3ccnc(-n4ncn5c6c(cc5c4=O)CC(C)(C)C6)c3CO)cn(C)c2=O)nn1. The molecule has 1 aliphatic heterocycles. The van der Waals surface area contributed by atoms with Gasteiger partial charge in [-0.3, -0.25) is 14.0 Å². The number of aliphatic hydroxyl groups excluding tert-OH is 1. The summed E-state index contributed by atoms with van der Waals surface area (Å²) in [7, 11) is 1.65. The van der Waals surface area contributed by atoms with Gasteiger partial charge >= 0.3 is 0 Å². The second-order valence-corrected chi connectivity index (χ2v) is 12.6. The van der Waals surface area contributed by atoms with Gasteiger partial charge in [0.25, 0.3) is 11.1 Å². The van der Waals surface area contributed by atoms with Crippen molar-refractivity contribution in [1.82, 2.24) is 33.9 Å². The molecule has 0 radical (unpaired) electrons. The first kappa shape index (κ1) is 28.9. The van der Waals surface area contributed by atoms with E-state index in [1.165, 1.54) is 9.25 Å². The highest BCUT2D eigenvalue weighted by atomic mass is 16.5. The van der Waals surface area contributed by atoms with Crippen molar-refractivity contribution in [2.45, 2.75) is 46.3 Å². The average Bonchev–Trinajstić information content (AvgIpc) is 3.52. The van der Waals surface area contributed by atoms with Gasteiger partial charge in [0, 0.05) is 42.8 Å². The summed E-state index contributed by atoms with van der Waals surface area (Å²) >= 11 is 0. The maximum Gasteiger partial charge on any atom is 0.297 e. The van der Waals surface area contributed by atoms with Crippen molar-refractivity contribution in [3.63, 3.8) is 0 Å². The fraction of sp³-hybridized carbons (Fsp3) is 0.375. The molecule has 0 bridgehead atoms. The van der Waals surface area contributed by atoms with Crippen molar-refractivity contribution in [3.05, 3.63) is 86.6 Å². The maximum atomic E-state index is 13.7. The van der Waals surface area contributed by atoms with E-state index in [4.69, 9.17) is 4.74 Å². The van der Waals surface area contributed by atoms with Crippen LogP contribution in [0.3, 0.4) is 0 Å². The first-order valence-corrected chi connectivity index (χ1v) is 15.0. The van der Waals surface area contributed by atoms with Crippen LogP contribution in [0, 0.1) is 5.41 Å². The molecule has 5 aromatic heterocycles. The summed E-state index contributed by atoms with van der Waals surface area (Å²) in [6, 6.07) is 9.22. The largest absolute Gasteiger partial charge is 0.392 e. The molecule has 1 aliphatic carbocycles. The van der Waals surface area contributed by atoms with Gasteiger partial charge in [-0.25, -0.2) is 4.98 Å². The number of ether oxygens (including phenoxy) is 1. The number of pyridine rings is 2. The summed E-state index contributed by atoms with van der Waals surface area (Å²) in [5.41, 5.74) is 4.27. The van der Waals surface area contributed by atoms with E-state index in [0.717, 1.165) is 36.5 Å². The zero-order chi connectivity index (χ0) is 31.5. The van der Waals surface area contributed by atoms with Crippen LogP contribution in [-0.2, 0) is 31.2 Å². The van der Waals surface area contributed by atoms with E-state index in [2.05, 4.69) is 51.3 Å². The predicted molar refractivity (Wildman–Crippen MR) is 169 cm³/mol. The number of anilines is 3. The lowest BCUT2D eigenvalue weighted by Gasteiger charge is -2.33. The highest BCUT2D eigenvalue weighted by molar-refractivity contribution is 5.73. The van der Waals surface area contributed by atoms with E-state index in [-0.39, 0.29) is 34.1 Å². The number of aryl methyl sites for hydroxylation is 1. The molecule has 13 heteroatoms. The molecule has 0 amide bonds. The molecule has 0 unspecified atom stereocenters. The molecule has 2 N–H and O–H groups in total. The Labute approximate surface area is 258 Å². The highest BCUT2D eigenvalue weighted by Gasteiger charge is 2.32. The molecule has 5 aromatic rings. The normalized spacial score (nSPS) is 17.5. The van der Waals surface area contributed by atoms with Crippen molar-refractivity contribution in [2.24, 2.45) is 12.5 Å². The van der Waals surface area contributed by atoms with Crippen LogP contribution in [0.4, 0.5) is 17.3 Å². The fourth-order valence-corrected chi connectivity index (χ4v) is 6.50. The molecule has 2 aliphatic rings. The molecule has 1 saturated heterocycles. The monoisotopic (exact) mass is 609 g/mol. The number of nitrogens with one attached hydrogen (secondary N) is 1. The second-order valence-electron chi connectivity index (χ2n) is 12.6. The van der Waals surface area contributed by atoms with Crippen LogP contribution in [0.15, 0.2) is 58.6 Å². The third-order valence-corrected chi connectivity index (χ3v) is 8.70. The van der Waals surface area contributed by atoms with Crippen LogP contribution < -0.4 is 21.3 Å². The third-order valence-electron chi connectivity index (χ3n) is 8.70. The predicted octanol–water partition coefficient (Wildman–Crippen LogP) is 2.62. The van der Waals surface area contributed by atoms with Crippen molar-refractivity contribution in [3.8, 4) is 16.9 Å². The summed E-state index contributed by atoms with van der Waals surface area (Å²) in [5, 5.41) is 26.8. The summed E-state index contributed by atoms with van der Waals surface area (Å²) < 4.78 is 10.1. The first-order valence-electron chi connectivity index (χ1n) is 15.0. The zero-order valence-electron chi connectivity index (χ0n) is 25.7. The van der Waals surface area contributed by atoms with Gasteiger partial charge in [0.15, 0.2) is 17.5 Å². The van der Waals surface area contributed by atoms with E-state index >= 15 is 0 Å². The van der Waals surface area contributed by atoms with Gasteiger partial charge in [0.1, 0.15) is 17.5 Å². The van der Waals surface area contributed by atoms with E-state index in [1.54, 1.807) is 44.0 Å². The lowest BCUT2D eigenvalue weighted by Crippen LogP contribution is -2.44. The fourth-order valence-electron chi connectivity index (χ4n) is 6.50. The van der Waals surface area contributed by atoms with E-state index in [9.17, 15) is 14.7 Å². The third kappa shape index (κ3) is 5.07. The number of aromatic nitrogens is 7. The van der Waals surface area contributed by atoms with Gasteiger partial charge in [0.05, 0.1) is 25.9 Å². The first-order chi connectivity index (χ1) is 21.6.